The van der Waals surface area contributed by atoms with Crippen molar-refractivity contribution in [3.63, 3.8) is 0 Å². The lowest BCUT2D eigenvalue weighted by Crippen LogP contribution is -2.61. The fourth-order valence-electron chi connectivity index (χ4n) is 5.52. The molecule has 2 aliphatic rings. The average Bonchev–Trinajstić information content (AvgIpc) is 3.56. The number of benzene rings is 1. The number of nitrogens with zero attached hydrogens (tertiary/aromatic N) is 4. The zero-order chi connectivity index (χ0) is 31.3. The Bertz CT molecular complexity index is 1220. The Labute approximate surface area is 263 Å². The van der Waals surface area contributed by atoms with Crippen LogP contribution in [-0.2, 0) is 41.5 Å². The molecule has 44 heavy (non-hydrogen) atoms. The van der Waals surface area contributed by atoms with Gasteiger partial charge in [-0.1, -0.05) is 18.2 Å². The highest BCUT2D eigenvalue weighted by Crippen LogP contribution is 2.21. The SMILES string of the molecule is CCOC(=O)CN(CCCN1CCOCC1)C(=O)CC1C(=O)N(CCc2ccc(OC)cc2)CC(=O)N1CCc1cccs1. The maximum atomic E-state index is 13.9. The quantitative estimate of drug-likeness (QED) is 0.260. The van der Waals surface area contributed by atoms with Crippen molar-refractivity contribution < 1.29 is 33.4 Å². The van der Waals surface area contributed by atoms with E-state index in [1.165, 1.54) is 4.90 Å². The summed E-state index contributed by atoms with van der Waals surface area (Å²) in [6.07, 6.45) is 1.64. The molecular weight excluding hydrogens is 584 g/mol. The fraction of sp³-hybridized carbons (Fsp3) is 0.562. The van der Waals surface area contributed by atoms with Gasteiger partial charge in [0.2, 0.25) is 17.7 Å². The third-order valence-electron chi connectivity index (χ3n) is 7.98. The third kappa shape index (κ3) is 9.76. The van der Waals surface area contributed by atoms with Gasteiger partial charge in [0.15, 0.2) is 0 Å². The summed E-state index contributed by atoms with van der Waals surface area (Å²) in [4.78, 5) is 61.6. The van der Waals surface area contributed by atoms with Crippen LogP contribution in [-0.4, -0.2) is 129 Å². The molecule has 11 nitrogen and oxygen atoms in total. The van der Waals surface area contributed by atoms with Gasteiger partial charge < -0.3 is 28.9 Å². The van der Waals surface area contributed by atoms with Gasteiger partial charge in [-0.15, -0.1) is 11.3 Å². The first kappa shape index (κ1) is 33.4. The van der Waals surface area contributed by atoms with Gasteiger partial charge in [-0.2, -0.15) is 0 Å². The van der Waals surface area contributed by atoms with Gasteiger partial charge in [0.05, 0.1) is 39.9 Å². The summed E-state index contributed by atoms with van der Waals surface area (Å²) >= 11 is 1.59. The van der Waals surface area contributed by atoms with Crippen LogP contribution in [0.4, 0.5) is 0 Å². The second-order valence-corrected chi connectivity index (χ2v) is 12.0. The van der Waals surface area contributed by atoms with Crippen molar-refractivity contribution in [2.24, 2.45) is 0 Å². The molecule has 2 aromatic rings. The molecule has 1 unspecified atom stereocenters. The van der Waals surface area contributed by atoms with E-state index in [1.54, 1.807) is 35.2 Å². The van der Waals surface area contributed by atoms with Crippen molar-refractivity contribution in [1.82, 2.24) is 19.6 Å². The highest BCUT2D eigenvalue weighted by atomic mass is 32.1. The van der Waals surface area contributed by atoms with Gasteiger partial charge in [0.25, 0.3) is 0 Å². The first-order valence-corrected chi connectivity index (χ1v) is 16.2. The maximum absolute atomic E-state index is 13.9. The number of esters is 1. The van der Waals surface area contributed by atoms with Crippen LogP contribution in [0.5, 0.6) is 5.75 Å². The minimum atomic E-state index is -0.941. The number of carbonyl (C=O) groups excluding carboxylic acids is 4. The van der Waals surface area contributed by atoms with E-state index >= 15 is 0 Å². The van der Waals surface area contributed by atoms with E-state index in [9.17, 15) is 19.2 Å². The van der Waals surface area contributed by atoms with Crippen molar-refractivity contribution in [2.45, 2.75) is 38.6 Å². The van der Waals surface area contributed by atoms with Crippen LogP contribution < -0.4 is 4.74 Å². The number of methoxy groups -OCH3 is 1. The van der Waals surface area contributed by atoms with Gasteiger partial charge in [-0.3, -0.25) is 24.1 Å². The molecule has 2 aliphatic heterocycles. The molecule has 3 amide bonds. The number of ether oxygens (including phenoxy) is 3. The Balaban J connectivity index is 1.46. The zero-order valence-corrected chi connectivity index (χ0v) is 26.6. The predicted molar refractivity (Wildman–Crippen MR) is 167 cm³/mol. The van der Waals surface area contributed by atoms with Gasteiger partial charge >= 0.3 is 5.97 Å². The Morgan fingerprint density at radius 3 is 2.50 bits per heavy atom. The molecular formula is C32H44N4O7S. The van der Waals surface area contributed by atoms with Crippen LogP contribution in [0.2, 0.25) is 0 Å². The third-order valence-corrected chi connectivity index (χ3v) is 8.92. The topological polar surface area (TPSA) is 109 Å². The number of hydrogen-bond donors (Lipinski definition) is 0. The van der Waals surface area contributed by atoms with E-state index in [2.05, 4.69) is 4.90 Å². The molecule has 2 saturated heterocycles. The van der Waals surface area contributed by atoms with Gasteiger partial charge in [-0.05, 0) is 55.3 Å². The number of thiophene rings is 1. The second-order valence-electron chi connectivity index (χ2n) is 10.9. The van der Waals surface area contributed by atoms with E-state index in [4.69, 9.17) is 14.2 Å². The van der Waals surface area contributed by atoms with Crippen LogP contribution in [0, 0.1) is 0 Å². The highest BCUT2D eigenvalue weighted by Gasteiger charge is 2.41. The first-order chi connectivity index (χ1) is 21.4. The van der Waals surface area contributed by atoms with E-state index in [1.807, 2.05) is 41.8 Å². The molecule has 0 aliphatic carbocycles. The molecule has 0 bridgehead atoms. The molecule has 12 heteroatoms. The van der Waals surface area contributed by atoms with E-state index in [0.717, 1.165) is 35.8 Å². The summed E-state index contributed by atoms with van der Waals surface area (Å²) in [6.45, 7) is 6.53. The lowest BCUT2D eigenvalue weighted by atomic mass is 10.0. The Morgan fingerprint density at radius 2 is 1.82 bits per heavy atom. The number of amides is 3. The molecule has 1 aromatic carbocycles. The molecule has 3 heterocycles. The van der Waals surface area contributed by atoms with Crippen LogP contribution in [0.25, 0.3) is 0 Å². The molecule has 4 rings (SSSR count). The Kier molecular flexibility index (Phi) is 13.0. The molecule has 0 spiro atoms. The maximum Gasteiger partial charge on any atom is 0.325 e. The van der Waals surface area contributed by atoms with Crippen LogP contribution in [0.15, 0.2) is 41.8 Å². The molecule has 1 atom stereocenters. The normalized spacial score (nSPS) is 17.5. The van der Waals surface area contributed by atoms with E-state index in [0.29, 0.717) is 52.1 Å². The minimum Gasteiger partial charge on any atom is -0.497 e. The number of rotatable bonds is 16. The molecule has 0 N–H and O–H groups in total. The summed E-state index contributed by atoms with van der Waals surface area (Å²) in [5.41, 5.74) is 1.01. The average molecular weight is 629 g/mol. The number of piperazine rings is 1. The Hall–Kier alpha value is -3.48. The second kappa shape index (κ2) is 17.1. The lowest BCUT2D eigenvalue weighted by molar-refractivity contribution is -0.159. The summed E-state index contributed by atoms with van der Waals surface area (Å²) < 4.78 is 15.8. The van der Waals surface area contributed by atoms with Crippen molar-refractivity contribution in [2.75, 3.05) is 79.3 Å². The van der Waals surface area contributed by atoms with Crippen LogP contribution in [0.1, 0.15) is 30.2 Å². The Morgan fingerprint density at radius 1 is 1.05 bits per heavy atom. The smallest absolute Gasteiger partial charge is 0.325 e. The van der Waals surface area contributed by atoms with Crippen molar-refractivity contribution in [1.29, 1.82) is 0 Å². The fourth-order valence-corrected chi connectivity index (χ4v) is 6.22. The van der Waals surface area contributed by atoms with Crippen molar-refractivity contribution >= 4 is 35.0 Å². The van der Waals surface area contributed by atoms with Crippen molar-refractivity contribution in [3.8, 4) is 5.75 Å². The van der Waals surface area contributed by atoms with Gasteiger partial charge in [0.1, 0.15) is 18.3 Å². The lowest BCUT2D eigenvalue weighted by Gasteiger charge is -2.40. The largest absolute Gasteiger partial charge is 0.497 e. The van der Waals surface area contributed by atoms with E-state index < -0.39 is 12.0 Å². The number of morpholine rings is 1. The highest BCUT2D eigenvalue weighted by molar-refractivity contribution is 7.09. The van der Waals surface area contributed by atoms with Crippen LogP contribution in [0.3, 0.4) is 0 Å². The summed E-state index contributed by atoms with van der Waals surface area (Å²) in [6, 6.07) is 10.6. The van der Waals surface area contributed by atoms with Crippen LogP contribution >= 0.6 is 11.3 Å². The summed E-state index contributed by atoms with van der Waals surface area (Å²) in [5.74, 6) is -0.520. The molecule has 0 radical (unpaired) electrons. The minimum absolute atomic E-state index is 0.0315. The van der Waals surface area contributed by atoms with E-state index in [-0.39, 0.29) is 43.8 Å². The molecule has 240 valence electrons. The molecule has 1 aromatic heterocycles. The number of hydrogen-bond acceptors (Lipinski definition) is 9. The summed E-state index contributed by atoms with van der Waals surface area (Å²) in [7, 11) is 1.61. The summed E-state index contributed by atoms with van der Waals surface area (Å²) in [5, 5.41) is 1.98. The van der Waals surface area contributed by atoms with Gasteiger partial charge in [-0.25, -0.2) is 0 Å². The number of carbonyl (C=O) groups is 4. The van der Waals surface area contributed by atoms with Gasteiger partial charge in [0, 0.05) is 44.1 Å². The molecule has 2 fully saturated rings. The first-order valence-electron chi connectivity index (χ1n) is 15.3. The zero-order valence-electron chi connectivity index (χ0n) is 25.8. The molecule has 0 saturated carbocycles. The monoisotopic (exact) mass is 628 g/mol. The standard InChI is InChI=1S/C32H44N4O7S/c1-3-43-31(39)24-34(14-5-13-33-17-19-42-20-18-33)29(37)22-28-32(40)35(15-11-25-7-9-26(41-2)10-8-25)23-30(38)36(28)16-12-27-6-4-21-44-27/h4,6-10,21,28H,3,5,11-20,22-24H2,1-2H3. The van der Waals surface area contributed by atoms with Crippen molar-refractivity contribution in [3.05, 3.63) is 52.2 Å². The predicted octanol–water partition coefficient (Wildman–Crippen LogP) is 2.09.